The maximum atomic E-state index is 13.5. The van der Waals surface area contributed by atoms with Gasteiger partial charge in [-0.1, -0.05) is 11.6 Å². The fraction of sp³-hybridized carbons (Fsp3) is 0. The molecule has 1 heterocycles. The summed E-state index contributed by atoms with van der Waals surface area (Å²) in [5.41, 5.74) is 4.45. The molecule has 0 radical (unpaired) electrons. The molecular weight excluding hydrogens is 308 g/mol. The summed E-state index contributed by atoms with van der Waals surface area (Å²) >= 11 is 5.92. The smallest absolute Gasteiger partial charge is 0.134 e. The summed E-state index contributed by atoms with van der Waals surface area (Å²) in [6.45, 7) is 0. The Labute approximate surface area is 130 Å². The first-order valence-corrected chi connectivity index (χ1v) is 6.80. The van der Waals surface area contributed by atoms with E-state index in [2.05, 4.69) is 15.5 Å². The van der Waals surface area contributed by atoms with Crippen LogP contribution in [0.5, 0.6) is 0 Å². The summed E-state index contributed by atoms with van der Waals surface area (Å²) in [4.78, 5) is 4.21. The molecule has 6 heteroatoms. The Kier molecular flexibility index (Phi) is 3.98. The molecule has 0 atom stereocenters. The van der Waals surface area contributed by atoms with Crippen LogP contribution in [0.2, 0.25) is 5.02 Å². The molecule has 0 saturated heterocycles. The molecule has 3 rings (SSSR count). The van der Waals surface area contributed by atoms with Crippen LogP contribution in [0.25, 0.3) is 10.9 Å². The molecule has 0 aliphatic carbocycles. The molecule has 1 N–H and O–H groups in total. The van der Waals surface area contributed by atoms with Gasteiger partial charge in [-0.3, -0.25) is 10.4 Å². The normalized spacial score (nSPS) is 11.2. The van der Waals surface area contributed by atoms with Gasteiger partial charge in [0.1, 0.15) is 11.6 Å². The van der Waals surface area contributed by atoms with Crippen molar-refractivity contribution in [1.82, 2.24) is 4.98 Å². The molecule has 0 aliphatic heterocycles. The summed E-state index contributed by atoms with van der Waals surface area (Å²) in [5, 5.41) is 5.41. The van der Waals surface area contributed by atoms with Gasteiger partial charge in [0.15, 0.2) is 0 Å². The lowest BCUT2D eigenvalue weighted by Gasteiger charge is -2.05. The summed E-state index contributed by atoms with van der Waals surface area (Å²) in [5.74, 6) is -1.29. The second-order valence-electron chi connectivity index (χ2n) is 4.56. The summed E-state index contributed by atoms with van der Waals surface area (Å²) in [6, 6.07) is 10.4. The standard InChI is InChI=1S/C16H10ClF2N3/c17-11-2-4-13-15(5-6-20-16(13)7-11)22-21-9-10-1-3-12(18)8-14(10)19/h1-9H,(H,20,22)/b21-9+. The van der Waals surface area contributed by atoms with Crippen molar-refractivity contribution < 1.29 is 8.78 Å². The minimum absolute atomic E-state index is 0.190. The van der Waals surface area contributed by atoms with Crippen LogP contribution in [0.1, 0.15) is 5.56 Å². The van der Waals surface area contributed by atoms with Crippen LogP contribution in [-0.4, -0.2) is 11.2 Å². The van der Waals surface area contributed by atoms with Crippen LogP contribution in [0.3, 0.4) is 0 Å². The highest BCUT2D eigenvalue weighted by Crippen LogP contribution is 2.24. The molecule has 0 aliphatic rings. The third-order valence-electron chi connectivity index (χ3n) is 3.06. The Morgan fingerprint density at radius 2 is 1.95 bits per heavy atom. The Morgan fingerprint density at radius 3 is 2.77 bits per heavy atom. The van der Waals surface area contributed by atoms with Gasteiger partial charge >= 0.3 is 0 Å². The van der Waals surface area contributed by atoms with Crippen molar-refractivity contribution in [3.63, 3.8) is 0 Å². The molecule has 110 valence electrons. The Bertz CT molecular complexity index is 865. The number of benzene rings is 2. The van der Waals surface area contributed by atoms with Crippen molar-refractivity contribution in [3.05, 3.63) is 70.9 Å². The lowest BCUT2D eigenvalue weighted by atomic mass is 10.2. The minimum Gasteiger partial charge on any atom is -0.278 e. The molecule has 2 aromatic carbocycles. The molecule has 1 aromatic heterocycles. The molecule has 0 spiro atoms. The summed E-state index contributed by atoms with van der Waals surface area (Å²) < 4.78 is 26.3. The molecule has 3 aromatic rings. The Balaban J connectivity index is 1.86. The van der Waals surface area contributed by atoms with E-state index in [-0.39, 0.29) is 5.56 Å². The van der Waals surface area contributed by atoms with Crippen LogP contribution < -0.4 is 5.43 Å². The minimum atomic E-state index is -0.670. The highest BCUT2D eigenvalue weighted by Gasteiger charge is 2.03. The van der Waals surface area contributed by atoms with Crippen molar-refractivity contribution in [2.24, 2.45) is 5.10 Å². The Hall–Kier alpha value is -2.53. The highest BCUT2D eigenvalue weighted by molar-refractivity contribution is 6.31. The number of nitrogens with one attached hydrogen (secondary N) is 1. The number of pyridine rings is 1. The number of halogens is 3. The van der Waals surface area contributed by atoms with E-state index in [1.807, 2.05) is 6.07 Å². The van der Waals surface area contributed by atoms with Crippen LogP contribution in [0.4, 0.5) is 14.5 Å². The van der Waals surface area contributed by atoms with Crippen LogP contribution in [0.15, 0.2) is 53.8 Å². The van der Waals surface area contributed by atoms with Gasteiger partial charge in [-0.2, -0.15) is 5.10 Å². The molecule has 3 nitrogen and oxygen atoms in total. The zero-order valence-corrected chi connectivity index (χ0v) is 12.0. The van der Waals surface area contributed by atoms with Gasteiger partial charge in [0.25, 0.3) is 0 Å². The number of rotatable bonds is 3. The van der Waals surface area contributed by atoms with E-state index >= 15 is 0 Å². The van der Waals surface area contributed by atoms with Crippen LogP contribution in [-0.2, 0) is 0 Å². The van der Waals surface area contributed by atoms with Crippen LogP contribution >= 0.6 is 11.6 Å². The maximum absolute atomic E-state index is 13.5. The van der Waals surface area contributed by atoms with E-state index in [0.717, 1.165) is 17.0 Å². The first-order chi connectivity index (χ1) is 10.6. The molecule has 0 unspecified atom stereocenters. The number of aromatic nitrogens is 1. The monoisotopic (exact) mass is 317 g/mol. The topological polar surface area (TPSA) is 37.3 Å². The second-order valence-corrected chi connectivity index (χ2v) is 4.99. The fourth-order valence-electron chi connectivity index (χ4n) is 2.00. The van der Waals surface area contributed by atoms with Gasteiger partial charge in [0.2, 0.25) is 0 Å². The van der Waals surface area contributed by atoms with E-state index in [1.54, 1.807) is 24.4 Å². The molecular formula is C16H10ClF2N3. The number of hydrogen-bond acceptors (Lipinski definition) is 3. The van der Waals surface area contributed by atoms with E-state index in [4.69, 9.17) is 11.6 Å². The average molecular weight is 318 g/mol. The van der Waals surface area contributed by atoms with Crippen molar-refractivity contribution in [1.29, 1.82) is 0 Å². The largest absolute Gasteiger partial charge is 0.278 e. The predicted octanol–water partition coefficient (Wildman–Crippen LogP) is 4.61. The summed E-state index contributed by atoms with van der Waals surface area (Å²) in [7, 11) is 0. The van der Waals surface area contributed by atoms with Crippen molar-refractivity contribution in [3.8, 4) is 0 Å². The quantitative estimate of drug-likeness (QED) is 0.565. The Morgan fingerprint density at radius 1 is 1.09 bits per heavy atom. The third kappa shape index (κ3) is 3.04. The molecule has 0 fully saturated rings. The molecule has 22 heavy (non-hydrogen) atoms. The fourth-order valence-corrected chi connectivity index (χ4v) is 2.16. The first-order valence-electron chi connectivity index (χ1n) is 6.42. The van der Waals surface area contributed by atoms with Crippen molar-refractivity contribution >= 4 is 34.4 Å². The highest BCUT2D eigenvalue weighted by atomic mass is 35.5. The maximum Gasteiger partial charge on any atom is 0.134 e. The van der Waals surface area contributed by atoms with Gasteiger partial charge in [-0.25, -0.2) is 8.78 Å². The summed E-state index contributed by atoms with van der Waals surface area (Å²) in [6.07, 6.45) is 2.91. The molecule has 0 amide bonds. The van der Waals surface area contributed by atoms with E-state index < -0.39 is 11.6 Å². The molecule has 0 bridgehead atoms. The van der Waals surface area contributed by atoms with Gasteiger partial charge < -0.3 is 0 Å². The predicted molar refractivity (Wildman–Crippen MR) is 84.3 cm³/mol. The number of anilines is 1. The van der Waals surface area contributed by atoms with Crippen LogP contribution in [0, 0.1) is 11.6 Å². The molecule has 0 saturated carbocycles. The van der Waals surface area contributed by atoms with Gasteiger partial charge in [0, 0.05) is 28.2 Å². The number of hydrazone groups is 1. The number of hydrogen-bond donors (Lipinski definition) is 1. The third-order valence-corrected chi connectivity index (χ3v) is 3.29. The van der Waals surface area contributed by atoms with Crippen molar-refractivity contribution in [2.45, 2.75) is 0 Å². The van der Waals surface area contributed by atoms with Gasteiger partial charge in [0.05, 0.1) is 17.4 Å². The number of nitrogens with zero attached hydrogens (tertiary/aromatic N) is 2. The lowest BCUT2D eigenvalue weighted by Crippen LogP contribution is -1.95. The average Bonchev–Trinajstić information content (AvgIpc) is 2.49. The lowest BCUT2D eigenvalue weighted by molar-refractivity contribution is 0.582. The number of fused-ring (bicyclic) bond motifs is 1. The van der Waals surface area contributed by atoms with E-state index in [9.17, 15) is 8.78 Å². The zero-order valence-electron chi connectivity index (χ0n) is 11.2. The van der Waals surface area contributed by atoms with Crippen molar-refractivity contribution in [2.75, 3.05) is 5.43 Å². The van der Waals surface area contributed by atoms with Gasteiger partial charge in [-0.05, 0) is 36.4 Å². The second kappa shape index (κ2) is 6.07. The van der Waals surface area contributed by atoms with E-state index in [1.165, 1.54) is 18.3 Å². The van der Waals surface area contributed by atoms with Gasteiger partial charge in [-0.15, -0.1) is 0 Å². The van der Waals surface area contributed by atoms with E-state index in [0.29, 0.717) is 10.7 Å². The SMILES string of the molecule is Fc1ccc(/C=N/Nc2ccnc3cc(Cl)ccc23)c(F)c1. The first kappa shape index (κ1) is 14.4. The zero-order chi connectivity index (χ0) is 15.5.